The van der Waals surface area contributed by atoms with E-state index in [0.717, 1.165) is 28.5 Å². The summed E-state index contributed by atoms with van der Waals surface area (Å²) in [6, 6.07) is 7.53. The summed E-state index contributed by atoms with van der Waals surface area (Å²) >= 11 is 5.82. The van der Waals surface area contributed by atoms with Gasteiger partial charge in [-0.3, -0.25) is 0 Å². The van der Waals surface area contributed by atoms with Gasteiger partial charge in [-0.15, -0.1) is 12.4 Å². The van der Waals surface area contributed by atoms with E-state index in [1.807, 2.05) is 28.9 Å². The predicted molar refractivity (Wildman–Crippen MR) is 69.6 cm³/mol. The number of hydrogen-bond donors (Lipinski definition) is 1. The van der Waals surface area contributed by atoms with E-state index in [0.29, 0.717) is 0 Å². The van der Waals surface area contributed by atoms with Crippen molar-refractivity contribution in [2.75, 3.05) is 5.73 Å². The number of nitrogens with two attached hydrogens (primary N) is 1. The Morgan fingerprint density at radius 1 is 1.31 bits per heavy atom. The molecular weight excluding hydrogens is 245 g/mol. The van der Waals surface area contributed by atoms with Crippen molar-refractivity contribution in [1.82, 2.24) is 9.78 Å². The van der Waals surface area contributed by atoms with Gasteiger partial charge in [-0.1, -0.05) is 18.5 Å². The maximum atomic E-state index is 5.82. The molecule has 0 unspecified atom stereocenters. The Bertz CT molecular complexity index is 463. The van der Waals surface area contributed by atoms with Gasteiger partial charge in [-0.2, -0.15) is 5.10 Å². The lowest BCUT2D eigenvalue weighted by molar-refractivity contribution is 0.815. The molecule has 0 saturated carbocycles. The third-order valence-electron chi connectivity index (χ3n) is 2.31. The fraction of sp³-hybridized carbons (Fsp3) is 0.182. The van der Waals surface area contributed by atoms with Gasteiger partial charge in [0.1, 0.15) is 0 Å². The van der Waals surface area contributed by atoms with Crippen molar-refractivity contribution < 1.29 is 0 Å². The molecule has 1 aromatic heterocycles. The fourth-order valence-corrected chi connectivity index (χ4v) is 1.67. The van der Waals surface area contributed by atoms with E-state index in [1.165, 1.54) is 0 Å². The molecule has 3 nitrogen and oxygen atoms in total. The molecule has 0 atom stereocenters. The first-order valence-electron chi connectivity index (χ1n) is 4.80. The summed E-state index contributed by atoms with van der Waals surface area (Å²) in [6.45, 7) is 2.06. The number of halogens is 2. The van der Waals surface area contributed by atoms with Crippen LogP contribution in [-0.4, -0.2) is 9.78 Å². The first-order valence-corrected chi connectivity index (χ1v) is 5.18. The summed E-state index contributed by atoms with van der Waals surface area (Å²) in [7, 11) is 0. The van der Waals surface area contributed by atoms with E-state index >= 15 is 0 Å². The summed E-state index contributed by atoms with van der Waals surface area (Å²) in [5.41, 5.74) is 8.54. The monoisotopic (exact) mass is 257 g/mol. The van der Waals surface area contributed by atoms with Gasteiger partial charge in [-0.05, 0) is 30.7 Å². The molecule has 0 radical (unpaired) electrons. The van der Waals surface area contributed by atoms with Gasteiger partial charge in [-0.25, -0.2) is 4.68 Å². The molecule has 0 saturated heterocycles. The maximum absolute atomic E-state index is 5.82. The van der Waals surface area contributed by atoms with Crippen molar-refractivity contribution >= 4 is 29.7 Å². The van der Waals surface area contributed by atoms with Crippen molar-refractivity contribution in [2.24, 2.45) is 0 Å². The lowest BCUT2D eigenvalue weighted by atomic mass is 10.2. The van der Waals surface area contributed by atoms with Crippen molar-refractivity contribution in [3.8, 4) is 5.69 Å². The SMILES string of the molecule is CCc1c(N)cnn1-c1ccc(Cl)cc1.Cl. The Kier molecular flexibility index (Phi) is 4.21. The Hall–Kier alpha value is -1.19. The van der Waals surface area contributed by atoms with Crippen LogP contribution in [0.5, 0.6) is 0 Å². The van der Waals surface area contributed by atoms with Crippen LogP contribution in [0, 0.1) is 0 Å². The molecule has 0 amide bonds. The molecule has 16 heavy (non-hydrogen) atoms. The predicted octanol–water partition coefficient (Wildman–Crippen LogP) is 3.09. The van der Waals surface area contributed by atoms with Crippen LogP contribution in [0.4, 0.5) is 5.69 Å². The quantitative estimate of drug-likeness (QED) is 0.899. The highest BCUT2D eigenvalue weighted by Gasteiger charge is 2.07. The van der Waals surface area contributed by atoms with E-state index in [-0.39, 0.29) is 12.4 Å². The van der Waals surface area contributed by atoms with Crippen LogP contribution in [0.25, 0.3) is 5.69 Å². The van der Waals surface area contributed by atoms with Crippen LogP contribution >= 0.6 is 24.0 Å². The average Bonchev–Trinajstić information content (AvgIpc) is 2.61. The van der Waals surface area contributed by atoms with Gasteiger partial charge in [0.25, 0.3) is 0 Å². The number of aromatic nitrogens is 2. The number of nitrogen functional groups attached to an aromatic ring is 1. The van der Waals surface area contributed by atoms with Crippen LogP contribution in [0.15, 0.2) is 30.5 Å². The van der Waals surface area contributed by atoms with Gasteiger partial charge in [0.15, 0.2) is 0 Å². The first-order chi connectivity index (χ1) is 7.22. The summed E-state index contributed by atoms with van der Waals surface area (Å²) in [6.07, 6.45) is 2.53. The molecule has 0 aliphatic carbocycles. The number of nitrogens with zero attached hydrogens (tertiary/aromatic N) is 2. The number of rotatable bonds is 2. The van der Waals surface area contributed by atoms with Gasteiger partial charge < -0.3 is 5.73 Å². The highest BCUT2D eigenvalue weighted by molar-refractivity contribution is 6.30. The Balaban J connectivity index is 0.00000128. The second kappa shape index (κ2) is 5.23. The van der Waals surface area contributed by atoms with E-state index in [2.05, 4.69) is 12.0 Å². The topological polar surface area (TPSA) is 43.8 Å². The minimum atomic E-state index is 0. The van der Waals surface area contributed by atoms with Gasteiger partial charge in [0.2, 0.25) is 0 Å². The summed E-state index contributed by atoms with van der Waals surface area (Å²) in [5, 5.41) is 4.95. The average molecular weight is 258 g/mol. The molecule has 0 fully saturated rings. The van der Waals surface area contributed by atoms with E-state index in [9.17, 15) is 0 Å². The lowest BCUT2D eigenvalue weighted by Crippen LogP contribution is -2.02. The van der Waals surface area contributed by atoms with Gasteiger partial charge in [0.05, 0.1) is 23.3 Å². The molecule has 2 rings (SSSR count). The minimum absolute atomic E-state index is 0. The highest BCUT2D eigenvalue weighted by atomic mass is 35.5. The van der Waals surface area contributed by atoms with Crippen molar-refractivity contribution in [3.63, 3.8) is 0 Å². The standard InChI is InChI=1S/C11H12ClN3.ClH/c1-2-11-10(13)7-14-15(11)9-5-3-8(12)4-6-9;/h3-7H,2,13H2,1H3;1H. The van der Waals surface area contributed by atoms with Crippen LogP contribution < -0.4 is 5.73 Å². The molecule has 0 aliphatic rings. The van der Waals surface area contributed by atoms with E-state index in [1.54, 1.807) is 6.20 Å². The smallest absolute Gasteiger partial charge is 0.0737 e. The van der Waals surface area contributed by atoms with Crippen LogP contribution in [-0.2, 0) is 6.42 Å². The lowest BCUT2D eigenvalue weighted by Gasteiger charge is -2.06. The summed E-state index contributed by atoms with van der Waals surface area (Å²) < 4.78 is 1.84. The van der Waals surface area contributed by atoms with Crippen molar-refractivity contribution in [1.29, 1.82) is 0 Å². The van der Waals surface area contributed by atoms with Crippen LogP contribution in [0.2, 0.25) is 5.02 Å². The normalized spacial score (nSPS) is 9.88. The Labute approximate surface area is 106 Å². The molecule has 0 bridgehead atoms. The largest absolute Gasteiger partial charge is 0.396 e. The molecule has 1 heterocycles. The molecule has 2 aromatic rings. The Morgan fingerprint density at radius 2 is 1.94 bits per heavy atom. The molecular formula is C11H13Cl2N3. The van der Waals surface area contributed by atoms with Gasteiger partial charge >= 0.3 is 0 Å². The zero-order chi connectivity index (χ0) is 10.8. The molecule has 2 N–H and O–H groups in total. The molecule has 86 valence electrons. The molecule has 0 spiro atoms. The van der Waals surface area contributed by atoms with E-state index in [4.69, 9.17) is 17.3 Å². The highest BCUT2D eigenvalue weighted by Crippen LogP contribution is 2.18. The zero-order valence-electron chi connectivity index (χ0n) is 8.85. The number of benzene rings is 1. The Morgan fingerprint density at radius 3 is 2.50 bits per heavy atom. The number of hydrogen-bond acceptors (Lipinski definition) is 2. The number of anilines is 1. The maximum Gasteiger partial charge on any atom is 0.0737 e. The first kappa shape index (κ1) is 12.9. The fourth-order valence-electron chi connectivity index (χ4n) is 1.55. The second-order valence-electron chi connectivity index (χ2n) is 3.29. The molecule has 0 aliphatic heterocycles. The second-order valence-corrected chi connectivity index (χ2v) is 3.72. The third kappa shape index (κ3) is 2.31. The minimum Gasteiger partial charge on any atom is -0.396 e. The van der Waals surface area contributed by atoms with Crippen LogP contribution in [0.1, 0.15) is 12.6 Å². The van der Waals surface area contributed by atoms with Crippen molar-refractivity contribution in [2.45, 2.75) is 13.3 Å². The summed E-state index contributed by atoms with van der Waals surface area (Å²) in [4.78, 5) is 0. The third-order valence-corrected chi connectivity index (χ3v) is 2.56. The molecule has 1 aromatic carbocycles. The zero-order valence-corrected chi connectivity index (χ0v) is 10.4. The van der Waals surface area contributed by atoms with E-state index < -0.39 is 0 Å². The molecule has 5 heteroatoms. The summed E-state index contributed by atoms with van der Waals surface area (Å²) in [5.74, 6) is 0. The van der Waals surface area contributed by atoms with Gasteiger partial charge in [0, 0.05) is 5.02 Å². The van der Waals surface area contributed by atoms with Crippen molar-refractivity contribution in [3.05, 3.63) is 41.2 Å². The van der Waals surface area contributed by atoms with Crippen LogP contribution in [0.3, 0.4) is 0 Å².